The molecule has 3 aromatic rings. The fourth-order valence-electron chi connectivity index (χ4n) is 3.25. The van der Waals surface area contributed by atoms with Gasteiger partial charge in [-0.3, -0.25) is 14.5 Å². The van der Waals surface area contributed by atoms with Gasteiger partial charge in [-0.05, 0) is 53.2 Å². The number of imide groups is 1. The zero-order chi connectivity index (χ0) is 23.4. The van der Waals surface area contributed by atoms with Gasteiger partial charge in [-0.15, -0.1) is 0 Å². The quantitative estimate of drug-likeness (QED) is 0.332. The molecular weight excluding hydrogens is 509 g/mol. The third-order valence-corrected chi connectivity index (χ3v) is 6.67. The Morgan fingerprint density at radius 3 is 2.45 bits per heavy atom. The van der Waals surface area contributed by atoms with E-state index >= 15 is 0 Å². The lowest BCUT2D eigenvalue weighted by Crippen LogP contribution is -2.27. The molecule has 0 radical (unpaired) electrons. The number of hydrogen-bond donors (Lipinski definition) is 0. The smallest absolute Gasteiger partial charge is 0.293 e. The molecule has 0 aromatic heterocycles. The summed E-state index contributed by atoms with van der Waals surface area (Å²) in [6.45, 7) is 0.242. The number of benzene rings is 3. The highest BCUT2D eigenvalue weighted by molar-refractivity contribution is 9.10. The number of rotatable bonds is 7. The van der Waals surface area contributed by atoms with Crippen molar-refractivity contribution in [2.24, 2.45) is 0 Å². The number of hydrogen-bond acceptors (Lipinski definition) is 5. The van der Waals surface area contributed by atoms with Gasteiger partial charge < -0.3 is 9.47 Å². The molecule has 5 nitrogen and oxygen atoms in total. The van der Waals surface area contributed by atoms with Crippen LogP contribution in [0.25, 0.3) is 6.08 Å². The van der Waals surface area contributed by atoms with Crippen molar-refractivity contribution in [3.05, 3.63) is 98.6 Å². The van der Waals surface area contributed by atoms with Gasteiger partial charge in [-0.2, -0.15) is 0 Å². The Labute approximate surface area is 203 Å². The predicted molar refractivity (Wildman–Crippen MR) is 129 cm³/mol. The van der Waals surface area contributed by atoms with Crippen LogP contribution in [0.3, 0.4) is 0 Å². The molecule has 4 rings (SSSR count). The number of carbonyl (C=O) groups is 2. The van der Waals surface area contributed by atoms with E-state index in [1.165, 1.54) is 18.1 Å². The molecule has 2 amide bonds. The van der Waals surface area contributed by atoms with Crippen LogP contribution in [0.15, 0.2) is 76.1 Å². The summed E-state index contributed by atoms with van der Waals surface area (Å²) in [6, 6.07) is 19.0. The third-order valence-electron chi connectivity index (χ3n) is 4.99. The lowest BCUT2D eigenvalue weighted by atomic mass is 10.1. The molecule has 0 atom stereocenters. The lowest BCUT2D eigenvalue weighted by Gasteiger charge is -2.13. The minimum Gasteiger partial charge on any atom is -0.493 e. The number of amides is 2. The van der Waals surface area contributed by atoms with Gasteiger partial charge >= 0.3 is 0 Å². The summed E-state index contributed by atoms with van der Waals surface area (Å²) in [4.78, 5) is 26.9. The SMILES string of the molecule is COc1cc(/C=C2\SC(=O)N(Cc3ccccc3Br)C2=O)ccc1OCc1ccccc1F. The Hall–Kier alpha value is -3.10. The van der Waals surface area contributed by atoms with Crippen LogP contribution in [-0.4, -0.2) is 23.2 Å². The highest BCUT2D eigenvalue weighted by atomic mass is 79.9. The van der Waals surface area contributed by atoms with Crippen molar-refractivity contribution < 1.29 is 23.5 Å². The van der Waals surface area contributed by atoms with E-state index in [2.05, 4.69) is 15.9 Å². The highest BCUT2D eigenvalue weighted by Gasteiger charge is 2.35. The van der Waals surface area contributed by atoms with E-state index in [0.29, 0.717) is 27.5 Å². The summed E-state index contributed by atoms with van der Waals surface area (Å²) in [6.07, 6.45) is 1.65. The van der Waals surface area contributed by atoms with Crippen LogP contribution >= 0.6 is 27.7 Å². The van der Waals surface area contributed by atoms with E-state index in [1.807, 2.05) is 24.3 Å². The molecule has 1 heterocycles. The summed E-state index contributed by atoms with van der Waals surface area (Å²) in [7, 11) is 1.50. The van der Waals surface area contributed by atoms with Crippen molar-refractivity contribution in [1.82, 2.24) is 4.90 Å². The van der Waals surface area contributed by atoms with E-state index < -0.39 is 0 Å². The molecule has 168 valence electrons. The number of thioether (sulfide) groups is 1. The van der Waals surface area contributed by atoms with Gasteiger partial charge in [0.05, 0.1) is 18.6 Å². The molecule has 1 aliphatic rings. The summed E-state index contributed by atoms with van der Waals surface area (Å²) in [5, 5.41) is -0.321. The molecule has 0 unspecified atom stereocenters. The lowest BCUT2D eigenvalue weighted by molar-refractivity contribution is -0.123. The van der Waals surface area contributed by atoms with Crippen molar-refractivity contribution in [3.63, 3.8) is 0 Å². The Bertz CT molecular complexity index is 1250. The average molecular weight is 528 g/mol. The summed E-state index contributed by atoms with van der Waals surface area (Å²) < 4.78 is 25.8. The zero-order valence-corrected chi connectivity index (χ0v) is 20.0. The van der Waals surface area contributed by atoms with E-state index in [1.54, 1.807) is 42.5 Å². The normalized spacial score (nSPS) is 14.8. The molecule has 1 aliphatic heterocycles. The zero-order valence-electron chi connectivity index (χ0n) is 17.6. The Morgan fingerprint density at radius 1 is 1.00 bits per heavy atom. The summed E-state index contributed by atoms with van der Waals surface area (Å²) in [5.74, 6) is 0.193. The predicted octanol–water partition coefficient (Wildman–Crippen LogP) is 6.41. The van der Waals surface area contributed by atoms with Crippen molar-refractivity contribution >= 4 is 44.9 Å². The van der Waals surface area contributed by atoms with Gasteiger partial charge in [0.2, 0.25) is 0 Å². The van der Waals surface area contributed by atoms with Crippen LogP contribution in [0.4, 0.5) is 9.18 Å². The maximum absolute atomic E-state index is 13.8. The van der Waals surface area contributed by atoms with Gasteiger partial charge in [0, 0.05) is 10.0 Å². The molecule has 8 heteroatoms. The molecule has 1 saturated heterocycles. The molecule has 0 spiro atoms. The fourth-order valence-corrected chi connectivity index (χ4v) is 4.50. The van der Waals surface area contributed by atoms with Crippen LogP contribution in [0.1, 0.15) is 16.7 Å². The number of ether oxygens (including phenoxy) is 2. The number of methoxy groups -OCH3 is 1. The largest absolute Gasteiger partial charge is 0.493 e. The molecule has 0 saturated carbocycles. The van der Waals surface area contributed by atoms with Crippen LogP contribution in [0, 0.1) is 5.82 Å². The van der Waals surface area contributed by atoms with Gasteiger partial charge in [0.1, 0.15) is 12.4 Å². The summed E-state index contributed by atoms with van der Waals surface area (Å²) in [5.41, 5.74) is 1.96. The Kier molecular flexibility index (Phi) is 7.15. The average Bonchev–Trinajstić information content (AvgIpc) is 3.07. The number of halogens is 2. The van der Waals surface area contributed by atoms with Gasteiger partial charge in [-0.25, -0.2) is 4.39 Å². The topological polar surface area (TPSA) is 55.8 Å². The molecule has 33 heavy (non-hydrogen) atoms. The second-order valence-corrected chi connectivity index (χ2v) is 9.00. The first-order valence-corrected chi connectivity index (χ1v) is 11.6. The molecule has 3 aromatic carbocycles. The first kappa shape index (κ1) is 23.1. The standard InChI is InChI=1S/C25H19BrFNO4S/c1-31-22-12-16(10-11-21(22)32-15-18-7-3-5-9-20(18)27)13-23-24(29)28(25(30)33-23)14-17-6-2-4-8-19(17)26/h2-13H,14-15H2,1H3/b23-13-. The summed E-state index contributed by atoms with van der Waals surface area (Å²) >= 11 is 4.35. The Balaban J connectivity index is 1.50. The minimum absolute atomic E-state index is 0.0519. The number of nitrogens with zero attached hydrogens (tertiary/aromatic N) is 1. The van der Waals surface area contributed by atoms with E-state index in [0.717, 1.165) is 21.8 Å². The first-order valence-electron chi connectivity index (χ1n) is 9.99. The Morgan fingerprint density at radius 2 is 1.73 bits per heavy atom. The maximum Gasteiger partial charge on any atom is 0.293 e. The highest BCUT2D eigenvalue weighted by Crippen LogP contribution is 2.36. The van der Waals surface area contributed by atoms with Crippen LogP contribution < -0.4 is 9.47 Å². The van der Waals surface area contributed by atoms with E-state index in [9.17, 15) is 14.0 Å². The van der Waals surface area contributed by atoms with Crippen molar-refractivity contribution in [3.8, 4) is 11.5 Å². The molecule has 0 N–H and O–H groups in total. The molecule has 0 aliphatic carbocycles. The van der Waals surface area contributed by atoms with Crippen LogP contribution in [0.5, 0.6) is 11.5 Å². The third kappa shape index (κ3) is 5.29. The van der Waals surface area contributed by atoms with Gasteiger partial charge in [0.25, 0.3) is 11.1 Å². The van der Waals surface area contributed by atoms with Crippen LogP contribution in [-0.2, 0) is 17.9 Å². The maximum atomic E-state index is 13.8. The van der Waals surface area contributed by atoms with E-state index in [4.69, 9.17) is 9.47 Å². The van der Waals surface area contributed by atoms with Crippen LogP contribution in [0.2, 0.25) is 0 Å². The fraction of sp³-hybridized carbons (Fsp3) is 0.120. The van der Waals surface area contributed by atoms with Crippen molar-refractivity contribution in [2.45, 2.75) is 13.2 Å². The van der Waals surface area contributed by atoms with Gasteiger partial charge in [-0.1, -0.05) is 58.4 Å². The van der Waals surface area contributed by atoms with Crippen molar-refractivity contribution in [2.75, 3.05) is 7.11 Å². The van der Waals surface area contributed by atoms with E-state index in [-0.39, 0.29) is 30.1 Å². The molecule has 0 bridgehead atoms. The second-order valence-electron chi connectivity index (χ2n) is 7.15. The monoisotopic (exact) mass is 527 g/mol. The number of carbonyl (C=O) groups excluding carboxylic acids is 2. The molecular formula is C25H19BrFNO4S. The van der Waals surface area contributed by atoms with Crippen molar-refractivity contribution in [1.29, 1.82) is 0 Å². The van der Waals surface area contributed by atoms with Gasteiger partial charge in [0.15, 0.2) is 11.5 Å². The molecule has 1 fully saturated rings. The second kappa shape index (κ2) is 10.2. The minimum atomic E-state index is -0.348. The first-order chi connectivity index (χ1) is 16.0.